The second-order valence-corrected chi connectivity index (χ2v) is 24.3. The summed E-state index contributed by atoms with van der Waals surface area (Å²) >= 11 is 0. The third kappa shape index (κ3) is 39.9. The second-order valence-electron chi connectivity index (χ2n) is 24.3. The molecule has 0 spiro atoms. The molecule has 2 saturated heterocycles. The van der Waals surface area contributed by atoms with Crippen LogP contribution in [0.1, 0.15) is 277 Å². The Morgan fingerprint density at radius 2 is 0.824 bits per heavy atom. The van der Waals surface area contributed by atoms with E-state index >= 15 is 0 Å². The molecule has 0 saturated carbocycles. The third-order valence-electron chi connectivity index (χ3n) is 16.6. The van der Waals surface area contributed by atoms with Gasteiger partial charge >= 0.3 is 0 Å². The number of aliphatic hydroxyl groups is 8. The Labute approximate surface area is 517 Å². The molecule has 0 aliphatic carbocycles. The summed E-state index contributed by atoms with van der Waals surface area (Å²) in [5.74, 6) is -0.247. The van der Waals surface area contributed by atoms with Gasteiger partial charge in [-0.3, -0.25) is 4.79 Å². The van der Waals surface area contributed by atoms with E-state index in [9.17, 15) is 45.6 Å². The topological polar surface area (TPSA) is 228 Å². The number of hydrogen-bond acceptors (Lipinski definition) is 13. The van der Waals surface area contributed by atoms with Crippen molar-refractivity contribution in [2.24, 2.45) is 0 Å². The van der Waals surface area contributed by atoms with Crippen molar-refractivity contribution >= 4 is 5.91 Å². The van der Waals surface area contributed by atoms with Crippen LogP contribution in [0.5, 0.6) is 0 Å². The Kier molecular flexibility index (Phi) is 51.3. The summed E-state index contributed by atoms with van der Waals surface area (Å²) in [6.07, 6.45) is 58.6. The molecule has 9 N–H and O–H groups in total. The number of allylic oxidation sites excluding steroid dienone is 11. The Morgan fingerprint density at radius 3 is 1.29 bits per heavy atom. The number of ether oxygens (including phenoxy) is 4. The molecule has 14 nitrogen and oxygen atoms in total. The molecular weight excluding hydrogens is 1070 g/mol. The number of carbonyl (C=O) groups is 1. The first-order chi connectivity index (χ1) is 41.6. The zero-order valence-corrected chi connectivity index (χ0v) is 53.6. The van der Waals surface area contributed by atoms with Gasteiger partial charge in [-0.25, -0.2) is 0 Å². The summed E-state index contributed by atoms with van der Waals surface area (Å²) in [4.78, 5) is 13.3. The van der Waals surface area contributed by atoms with E-state index in [1.54, 1.807) is 6.08 Å². The summed E-state index contributed by atoms with van der Waals surface area (Å²) in [6.45, 7) is 2.66. The van der Waals surface area contributed by atoms with Gasteiger partial charge in [0, 0.05) is 6.42 Å². The van der Waals surface area contributed by atoms with E-state index in [1.165, 1.54) is 186 Å². The molecule has 494 valence electrons. The quantitative estimate of drug-likeness (QED) is 0.0204. The van der Waals surface area contributed by atoms with Crippen LogP contribution >= 0.6 is 0 Å². The van der Waals surface area contributed by atoms with Crippen molar-refractivity contribution < 1.29 is 64.6 Å². The summed E-state index contributed by atoms with van der Waals surface area (Å²) in [5, 5.41) is 87.1. The summed E-state index contributed by atoms with van der Waals surface area (Å²) in [5.41, 5.74) is 0. The van der Waals surface area contributed by atoms with Crippen LogP contribution in [0, 0.1) is 0 Å². The molecule has 1 amide bonds. The lowest BCUT2D eigenvalue weighted by atomic mass is 9.97. The highest BCUT2D eigenvalue weighted by Gasteiger charge is 2.51. The van der Waals surface area contributed by atoms with Gasteiger partial charge in [-0.15, -0.1) is 0 Å². The van der Waals surface area contributed by atoms with Crippen molar-refractivity contribution in [1.82, 2.24) is 5.32 Å². The molecule has 0 radical (unpaired) electrons. The fraction of sp³-hybridized carbons (Fsp3) is 0.817. The molecule has 85 heavy (non-hydrogen) atoms. The molecule has 2 rings (SSSR count). The van der Waals surface area contributed by atoms with Gasteiger partial charge in [-0.05, 0) is 70.6 Å². The van der Waals surface area contributed by atoms with Crippen LogP contribution in [0.15, 0.2) is 72.9 Å². The highest BCUT2D eigenvalue weighted by molar-refractivity contribution is 5.76. The van der Waals surface area contributed by atoms with E-state index in [2.05, 4.69) is 79.9 Å². The van der Waals surface area contributed by atoms with Gasteiger partial charge in [0.15, 0.2) is 12.6 Å². The van der Waals surface area contributed by atoms with E-state index in [0.29, 0.717) is 12.8 Å². The van der Waals surface area contributed by atoms with Crippen molar-refractivity contribution in [1.29, 1.82) is 0 Å². The third-order valence-corrected chi connectivity index (χ3v) is 16.6. The molecule has 14 heteroatoms. The number of amides is 1. The van der Waals surface area contributed by atoms with Gasteiger partial charge in [0.1, 0.15) is 48.8 Å². The zero-order valence-electron chi connectivity index (χ0n) is 53.6. The minimum absolute atomic E-state index is 0.247. The lowest BCUT2D eigenvalue weighted by Crippen LogP contribution is -2.65. The average molecular weight is 1200 g/mol. The molecule has 2 heterocycles. The van der Waals surface area contributed by atoms with Crippen molar-refractivity contribution in [3.8, 4) is 0 Å². The first-order valence-corrected chi connectivity index (χ1v) is 34.7. The van der Waals surface area contributed by atoms with Crippen molar-refractivity contribution in [2.45, 2.75) is 351 Å². The smallest absolute Gasteiger partial charge is 0.220 e. The van der Waals surface area contributed by atoms with Crippen molar-refractivity contribution in [2.75, 3.05) is 19.8 Å². The van der Waals surface area contributed by atoms with Crippen LogP contribution in [0.4, 0.5) is 0 Å². The number of unbranched alkanes of at least 4 members (excludes halogenated alkanes) is 33. The fourth-order valence-corrected chi connectivity index (χ4v) is 11.1. The molecule has 0 aromatic rings. The largest absolute Gasteiger partial charge is 0.394 e. The normalized spacial score (nSPS) is 24.0. The van der Waals surface area contributed by atoms with E-state index in [0.717, 1.165) is 57.8 Å². The standard InChI is InChI=1S/C71H127NO13/c1-3-5-7-9-11-13-15-17-18-19-20-21-22-23-24-25-26-27-28-29-30-31-32-33-34-35-36-37-38-39-40-41-42-43-45-47-49-51-53-55-63(76)72-59(60(75)54-52-50-48-46-44-16-14-12-10-8-6-4-2)58-82-70-68(81)66(79)69(62(57-74)84-70)85-71-67(80)65(78)64(77)61(56-73)83-71/h5,7,11,13,17-18,20-21,44,46,52,54,59-62,64-71,73-75,77-81H,3-4,6,8-10,12,14-16,19,22-43,45,47-51,53,55-58H2,1-2H3,(H,72,76)/b7-5-,13-11-,18-17-,21-20-,46-44+,54-52+. The van der Waals surface area contributed by atoms with Crippen molar-refractivity contribution in [3.63, 3.8) is 0 Å². The van der Waals surface area contributed by atoms with Crippen LogP contribution in [0.25, 0.3) is 0 Å². The van der Waals surface area contributed by atoms with E-state index in [4.69, 9.17) is 18.9 Å². The molecular formula is C71H127NO13. The highest BCUT2D eigenvalue weighted by Crippen LogP contribution is 2.30. The number of hydrogen-bond donors (Lipinski definition) is 9. The summed E-state index contributed by atoms with van der Waals surface area (Å²) < 4.78 is 22.8. The first-order valence-electron chi connectivity index (χ1n) is 34.7. The zero-order chi connectivity index (χ0) is 61.6. The van der Waals surface area contributed by atoms with Gasteiger partial charge in [-0.2, -0.15) is 0 Å². The van der Waals surface area contributed by atoms with Gasteiger partial charge in [0.25, 0.3) is 0 Å². The Hall–Kier alpha value is -2.57. The van der Waals surface area contributed by atoms with Crippen LogP contribution in [0.2, 0.25) is 0 Å². The van der Waals surface area contributed by atoms with Crippen LogP contribution < -0.4 is 5.32 Å². The predicted molar refractivity (Wildman–Crippen MR) is 346 cm³/mol. The van der Waals surface area contributed by atoms with Crippen LogP contribution in [-0.2, 0) is 23.7 Å². The van der Waals surface area contributed by atoms with Gasteiger partial charge in [0.2, 0.25) is 5.91 Å². The van der Waals surface area contributed by atoms with E-state index in [1.807, 2.05) is 6.08 Å². The van der Waals surface area contributed by atoms with E-state index in [-0.39, 0.29) is 18.9 Å². The number of rotatable bonds is 56. The Bertz CT molecular complexity index is 1700. The maximum absolute atomic E-state index is 13.3. The highest BCUT2D eigenvalue weighted by atomic mass is 16.7. The SMILES string of the molecule is CC/C=C\C/C=C\C/C=C\C/C=C\CCCCCCCCCCCCCCCCCCCCCCCCCCCCC(=O)NC(COC1OC(CO)C(OC2OC(CO)C(O)C(O)C2O)C(O)C1O)C(O)/C=C/CC/C=C/CCCCCCCC. The van der Waals surface area contributed by atoms with E-state index < -0.39 is 86.8 Å². The minimum Gasteiger partial charge on any atom is -0.394 e. The molecule has 0 aromatic heterocycles. The molecule has 2 aliphatic rings. The average Bonchev–Trinajstić information content (AvgIpc) is 3.60. The predicted octanol–water partition coefficient (Wildman–Crippen LogP) is 13.8. The Balaban J connectivity index is 1.55. The molecule has 0 aromatic carbocycles. The maximum atomic E-state index is 13.3. The fourth-order valence-electron chi connectivity index (χ4n) is 11.1. The summed E-state index contributed by atoms with van der Waals surface area (Å²) in [6, 6.07) is -0.931. The number of nitrogens with one attached hydrogen (secondary N) is 1. The monoisotopic (exact) mass is 1200 g/mol. The number of carbonyl (C=O) groups excluding carboxylic acids is 1. The minimum atomic E-state index is -1.79. The molecule has 12 unspecified atom stereocenters. The van der Waals surface area contributed by atoms with Gasteiger partial charge in [0.05, 0.1) is 32.0 Å². The Morgan fingerprint density at radius 1 is 0.435 bits per heavy atom. The molecule has 2 fully saturated rings. The van der Waals surface area contributed by atoms with Gasteiger partial charge < -0.3 is 65.1 Å². The lowest BCUT2D eigenvalue weighted by Gasteiger charge is -2.46. The molecule has 0 bridgehead atoms. The molecule has 12 atom stereocenters. The second kappa shape index (κ2) is 55.5. The summed E-state index contributed by atoms with van der Waals surface area (Å²) in [7, 11) is 0. The number of aliphatic hydroxyl groups excluding tert-OH is 8. The van der Waals surface area contributed by atoms with Crippen LogP contribution in [0.3, 0.4) is 0 Å². The van der Waals surface area contributed by atoms with Gasteiger partial charge in [-0.1, -0.05) is 273 Å². The maximum Gasteiger partial charge on any atom is 0.220 e. The van der Waals surface area contributed by atoms with Crippen molar-refractivity contribution in [3.05, 3.63) is 72.9 Å². The molecule has 2 aliphatic heterocycles. The van der Waals surface area contributed by atoms with Crippen LogP contribution in [-0.4, -0.2) is 140 Å². The lowest BCUT2D eigenvalue weighted by molar-refractivity contribution is -0.359. The first kappa shape index (κ1) is 78.5.